The Morgan fingerprint density at radius 3 is 2.76 bits per heavy atom. The number of ketones is 1. The van der Waals surface area contributed by atoms with Crippen molar-refractivity contribution in [3.8, 4) is 0 Å². The Hall–Kier alpha value is -2.46. The highest BCUT2D eigenvalue weighted by Gasteiger charge is 2.27. The maximum Gasteiger partial charge on any atom is 0.279 e. The SMILES string of the molecule is CC(=O)c1cccc(NC(=O)C[NH+](C)[C@@H]2CCCc3ccccc32)c1. The van der Waals surface area contributed by atoms with Crippen LogP contribution in [-0.2, 0) is 11.2 Å². The lowest BCUT2D eigenvalue weighted by Gasteiger charge is -2.30. The molecular formula is C21H25N2O2+. The third-order valence-corrected chi connectivity index (χ3v) is 4.96. The van der Waals surface area contributed by atoms with Crippen LogP contribution in [0.4, 0.5) is 5.69 Å². The standard InChI is InChI=1S/C21H24N2O2/c1-15(24)17-9-5-10-18(13-17)22-21(25)14-23(2)20-12-6-8-16-7-3-4-11-19(16)20/h3-5,7,9-11,13,20H,6,8,12,14H2,1-2H3,(H,22,25)/p+1/t20-/m1/s1. The van der Waals surface area contributed by atoms with Gasteiger partial charge in [-0.15, -0.1) is 0 Å². The van der Waals surface area contributed by atoms with E-state index in [1.807, 2.05) is 6.07 Å². The molecule has 0 bridgehead atoms. The van der Waals surface area contributed by atoms with Gasteiger partial charge in [0.15, 0.2) is 12.3 Å². The summed E-state index contributed by atoms with van der Waals surface area (Å²) in [5, 5.41) is 2.92. The van der Waals surface area contributed by atoms with E-state index in [0.29, 0.717) is 23.8 Å². The van der Waals surface area contributed by atoms with Gasteiger partial charge in [-0.3, -0.25) is 9.59 Å². The maximum absolute atomic E-state index is 12.4. The Balaban J connectivity index is 1.65. The highest BCUT2D eigenvalue weighted by molar-refractivity contribution is 5.97. The first-order valence-electron chi connectivity index (χ1n) is 8.85. The van der Waals surface area contributed by atoms with E-state index in [0.717, 1.165) is 12.8 Å². The molecule has 2 N–H and O–H groups in total. The number of fused-ring (bicyclic) bond motifs is 1. The molecule has 1 aliphatic carbocycles. The van der Waals surface area contributed by atoms with Gasteiger partial charge in [0, 0.05) is 23.2 Å². The van der Waals surface area contributed by atoms with Gasteiger partial charge in [-0.25, -0.2) is 0 Å². The third kappa shape index (κ3) is 4.15. The number of rotatable bonds is 5. The molecule has 0 aromatic heterocycles. The monoisotopic (exact) mass is 337 g/mol. The van der Waals surface area contributed by atoms with Crippen LogP contribution in [0.15, 0.2) is 48.5 Å². The average Bonchev–Trinajstić information content (AvgIpc) is 2.61. The van der Waals surface area contributed by atoms with Crippen molar-refractivity contribution in [2.75, 3.05) is 18.9 Å². The number of quaternary nitrogens is 1. The number of aryl methyl sites for hydroxylation is 1. The van der Waals surface area contributed by atoms with Crippen LogP contribution in [-0.4, -0.2) is 25.3 Å². The molecule has 3 rings (SSSR count). The van der Waals surface area contributed by atoms with Crippen molar-refractivity contribution in [2.24, 2.45) is 0 Å². The van der Waals surface area contributed by atoms with Crippen LogP contribution in [0.1, 0.15) is 47.3 Å². The molecule has 0 saturated carbocycles. The molecule has 1 amide bonds. The number of nitrogens with one attached hydrogen (secondary N) is 2. The molecule has 0 heterocycles. The molecule has 130 valence electrons. The van der Waals surface area contributed by atoms with E-state index >= 15 is 0 Å². The van der Waals surface area contributed by atoms with E-state index < -0.39 is 0 Å². The number of hydrogen-bond donors (Lipinski definition) is 2. The fourth-order valence-corrected chi connectivity index (χ4v) is 3.66. The topological polar surface area (TPSA) is 50.6 Å². The van der Waals surface area contributed by atoms with Crippen molar-refractivity contribution in [3.05, 3.63) is 65.2 Å². The number of carbonyl (C=O) groups is 2. The van der Waals surface area contributed by atoms with Crippen LogP contribution in [0.3, 0.4) is 0 Å². The minimum atomic E-state index is -0.0266. The highest BCUT2D eigenvalue weighted by atomic mass is 16.2. The van der Waals surface area contributed by atoms with Gasteiger partial charge in [0.2, 0.25) is 0 Å². The lowest BCUT2D eigenvalue weighted by molar-refractivity contribution is -0.905. The summed E-state index contributed by atoms with van der Waals surface area (Å²) in [5.74, 6) is -0.0288. The summed E-state index contributed by atoms with van der Waals surface area (Å²) in [6, 6.07) is 16.0. The second-order valence-corrected chi connectivity index (χ2v) is 6.85. The average molecular weight is 337 g/mol. The second-order valence-electron chi connectivity index (χ2n) is 6.85. The van der Waals surface area contributed by atoms with E-state index in [4.69, 9.17) is 0 Å². The first-order chi connectivity index (χ1) is 12.0. The molecule has 0 fully saturated rings. The maximum atomic E-state index is 12.4. The highest BCUT2D eigenvalue weighted by Crippen LogP contribution is 2.27. The number of anilines is 1. The summed E-state index contributed by atoms with van der Waals surface area (Å²) in [6.07, 6.45) is 3.40. The molecule has 0 spiro atoms. The summed E-state index contributed by atoms with van der Waals surface area (Å²) in [5.41, 5.74) is 4.07. The van der Waals surface area contributed by atoms with E-state index in [2.05, 4.69) is 36.6 Å². The number of amides is 1. The van der Waals surface area contributed by atoms with Gasteiger partial charge in [0.1, 0.15) is 6.04 Å². The Morgan fingerprint density at radius 2 is 1.96 bits per heavy atom. The number of likely N-dealkylation sites (N-methyl/N-ethyl adjacent to an activating group) is 1. The fraction of sp³-hybridized carbons (Fsp3) is 0.333. The molecule has 0 aliphatic heterocycles. The Kier molecular flexibility index (Phi) is 5.29. The summed E-state index contributed by atoms with van der Waals surface area (Å²) >= 11 is 0. The van der Waals surface area contributed by atoms with Crippen molar-refractivity contribution >= 4 is 17.4 Å². The van der Waals surface area contributed by atoms with E-state index in [9.17, 15) is 9.59 Å². The van der Waals surface area contributed by atoms with Crippen LogP contribution in [0.5, 0.6) is 0 Å². The smallest absolute Gasteiger partial charge is 0.279 e. The number of Topliss-reactive ketones (excluding diaryl/α,β-unsaturated/α-hetero) is 1. The van der Waals surface area contributed by atoms with Crippen molar-refractivity contribution in [2.45, 2.75) is 32.2 Å². The summed E-state index contributed by atoms with van der Waals surface area (Å²) in [7, 11) is 2.08. The largest absolute Gasteiger partial charge is 0.323 e. The lowest BCUT2D eigenvalue weighted by Crippen LogP contribution is -3.10. The number of hydrogen-bond acceptors (Lipinski definition) is 2. The van der Waals surface area contributed by atoms with Gasteiger partial charge in [-0.2, -0.15) is 0 Å². The van der Waals surface area contributed by atoms with Crippen LogP contribution >= 0.6 is 0 Å². The Labute approximate surface area is 148 Å². The number of carbonyl (C=O) groups excluding carboxylic acids is 2. The van der Waals surface area contributed by atoms with Crippen molar-refractivity contribution in [3.63, 3.8) is 0 Å². The first kappa shape index (κ1) is 17.4. The third-order valence-electron chi connectivity index (χ3n) is 4.96. The summed E-state index contributed by atoms with van der Waals surface area (Å²) in [6.45, 7) is 1.93. The molecule has 4 nitrogen and oxygen atoms in total. The van der Waals surface area contributed by atoms with Gasteiger partial charge in [-0.1, -0.05) is 36.4 Å². The van der Waals surface area contributed by atoms with Gasteiger partial charge < -0.3 is 10.2 Å². The van der Waals surface area contributed by atoms with Gasteiger partial charge in [0.05, 0.1) is 7.05 Å². The van der Waals surface area contributed by atoms with E-state index in [1.54, 1.807) is 18.2 Å². The van der Waals surface area contributed by atoms with E-state index in [-0.39, 0.29) is 11.7 Å². The second kappa shape index (κ2) is 7.62. The van der Waals surface area contributed by atoms with Gasteiger partial charge in [0.25, 0.3) is 5.91 Å². The predicted octanol–water partition coefficient (Wildman–Crippen LogP) is 2.42. The molecule has 2 aromatic carbocycles. The molecule has 2 aromatic rings. The summed E-state index contributed by atoms with van der Waals surface area (Å²) in [4.78, 5) is 25.1. The van der Waals surface area contributed by atoms with Crippen LogP contribution in [0.25, 0.3) is 0 Å². The molecule has 0 saturated heterocycles. The first-order valence-corrected chi connectivity index (χ1v) is 8.85. The quantitative estimate of drug-likeness (QED) is 0.823. The minimum Gasteiger partial charge on any atom is -0.323 e. The number of benzene rings is 2. The van der Waals surface area contributed by atoms with Gasteiger partial charge >= 0.3 is 0 Å². The Bertz CT molecular complexity index is 785. The van der Waals surface area contributed by atoms with Crippen LogP contribution < -0.4 is 10.2 Å². The fourth-order valence-electron chi connectivity index (χ4n) is 3.66. The van der Waals surface area contributed by atoms with Crippen LogP contribution in [0, 0.1) is 0 Å². The molecule has 2 atom stereocenters. The zero-order valence-electron chi connectivity index (χ0n) is 14.8. The molecule has 4 heteroatoms. The van der Waals surface area contributed by atoms with Crippen molar-refractivity contribution in [1.29, 1.82) is 0 Å². The molecule has 1 unspecified atom stereocenters. The lowest BCUT2D eigenvalue weighted by atomic mass is 9.87. The van der Waals surface area contributed by atoms with Crippen molar-refractivity contribution in [1.82, 2.24) is 0 Å². The van der Waals surface area contributed by atoms with E-state index in [1.165, 1.54) is 29.4 Å². The molecular weight excluding hydrogens is 312 g/mol. The Morgan fingerprint density at radius 1 is 1.16 bits per heavy atom. The zero-order valence-corrected chi connectivity index (χ0v) is 14.8. The molecule has 1 aliphatic rings. The zero-order chi connectivity index (χ0) is 17.8. The van der Waals surface area contributed by atoms with Crippen LogP contribution in [0.2, 0.25) is 0 Å². The van der Waals surface area contributed by atoms with Gasteiger partial charge in [-0.05, 0) is 37.5 Å². The predicted molar refractivity (Wildman–Crippen MR) is 99.0 cm³/mol. The molecule has 25 heavy (non-hydrogen) atoms. The summed E-state index contributed by atoms with van der Waals surface area (Å²) < 4.78 is 0. The minimum absolute atomic E-state index is 0.00217. The molecule has 0 radical (unpaired) electrons. The van der Waals surface area contributed by atoms with Crippen molar-refractivity contribution < 1.29 is 14.5 Å². The normalized spacial score (nSPS) is 17.4.